The summed E-state index contributed by atoms with van der Waals surface area (Å²) in [5.74, 6) is 5.70. The highest BCUT2D eigenvalue weighted by molar-refractivity contribution is 5.70. The summed E-state index contributed by atoms with van der Waals surface area (Å²) in [6.07, 6.45) is 1.12. The number of fused-ring (bicyclic) bond motifs is 1. The third kappa shape index (κ3) is 2.32. The van der Waals surface area contributed by atoms with Crippen LogP contribution in [0.3, 0.4) is 0 Å². The van der Waals surface area contributed by atoms with Crippen molar-refractivity contribution in [1.29, 1.82) is 0 Å². The molecule has 2 N–H and O–H groups in total. The first-order chi connectivity index (χ1) is 8.52. The molecule has 98 valence electrons. The Kier molecular flexibility index (Phi) is 3.54. The van der Waals surface area contributed by atoms with E-state index in [2.05, 4.69) is 23.8 Å². The second-order valence-electron chi connectivity index (χ2n) is 4.62. The summed E-state index contributed by atoms with van der Waals surface area (Å²) in [5, 5.41) is 3.64. The molecule has 0 atom stereocenters. The predicted octanol–water partition coefficient (Wildman–Crippen LogP) is 1.14. The Bertz CT molecular complexity index is 474. The fourth-order valence-corrected chi connectivity index (χ4v) is 2.42. The van der Waals surface area contributed by atoms with Crippen molar-refractivity contribution in [3.05, 3.63) is 28.8 Å². The average molecular weight is 249 g/mol. The van der Waals surface area contributed by atoms with Gasteiger partial charge in [0.05, 0.1) is 19.3 Å². The molecule has 18 heavy (non-hydrogen) atoms. The SMILES string of the molecule is COC(=O)CCc1cc(C)c2c(c1)CN(N)N2C. The van der Waals surface area contributed by atoms with Gasteiger partial charge in [-0.05, 0) is 30.0 Å². The van der Waals surface area contributed by atoms with Gasteiger partial charge in [-0.2, -0.15) is 5.12 Å². The molecule has 2 rings (SSSR count). The Balaban J connectivity index is 2.19. The quantitative estimate of drug-likeness (QED) is 0.643. The minimum Gasteiger partial charge on any atom is -0.469 e. The molecule has 0 amide bonds. The van der Waals surface area contributed by atoms with Crippen LogP contribution in [-0.2, 0) is 22.5 Å². The molecule has 1 aliphatic heterocycles. The van der Waals surface area contributed by atoms with Crippen LogP contribution in [0.25, 0.3) is 0 Å². The molecule has 0 fully saturated rings. The molecular formula is C13H19N3O2. The van der Waals surface area contributed by atoms with Gasteiger partial charge in [-0.1, -0.05) is 12.1 Å². The highest BCUT2D eigenvalue weighted by Gasteiger charge is 2.23. The van der Waals surface area contributed by atoms with E-state index in [1.165, 1.54) is 23.9 Å². The van der Waals surface area contributed by atoms with Crippen molar-refractivity contribution in [2.24, 2.45) is 5.84 Å². The van der Waals surface area contributed by atoms with Gasteiger partial charge in [0, 0.05) is 13.5 Å². The lowest BCUT2D eigenvalue weighted by atomic mass is 10.0. The minimum absolute atomic E-state index is 0.175. The zero-order valence-corrected chi connectivity index (χ0v) is 11.1. The molecule has 0 saturated heterocycles. The van der Waals surface area contributed by atoms with Crippen LogP contribution in [0.5, 0.6) is 0 Å². The van der Waals surface area contributed by atoms with Crippen molar-refractivity contribution in [1.82, 2.24) is 5.12 Å². The fraction of sp³-hybridized carbons (Fsp3) is 0.462. The maximum atomic E-state index is 11.1. The van der Waals surface area contributed by atoms with Crippen molar-refractivity contribution in [2.75, 3.05) is 19.2 Å². The summed E-state index contributed by atoms with van der Waals surface area (Å²) < 4.78 is 4.65. The first kappa shape index (κ1) is 12.9. The Morgan fingerprint density at radius 3 is 2.89 bits per heavy atom. The van der Waals surface area contributed by atoms with Gasteiger partial charge in [0.2, 0.25) is 0 Å². The Hall–Kier alpha value is -1.59. The van der Waals surface area contributed by atoms with Gasteiger partial charge in [-0.15, -0.1) is 0 Å². The molecule has 5 nitrogen and oxygen atoms in total. The van der Waals surface area contributed by atoms with Crippen molar-refractivity contribution in [3.8, 4) is 0 Å². The molecule has 0 bridgehead atoms. The van der Waals surface area contributed by atoms with E-state index in [4.69, 9.17) is 5.84 Å². The number of rotatable bonds is 3. The number of benzene rings is 1. The number of hydrogen-bond donors (Lipinski definition) is 1. The molecular weight excluding hydrogens is 230 g/mol. The van der Waals surface area contributed by atoms with Gasteiger partial charge >= 0.3 is 5.97 Å². The number of hydrazine groups is 2. The molecule has 0 radical (unpaired) electrons. The van der Waals surface area contributed by atoms with Gasteiger partial charge < -0.3 is 4.74 Å². The molecule has 1 aromatic rings. The number of nitrogens with two attached hydrogens (primary N) is 1. The van der Waals surface area contributed by atoms with Crippen LogP contribution in [0.4, 0.5) is 5.69 Å². The summed E-state index contributed by atoms with van der Waals surface area (Å²) in [6, 6.07) is 4.23. The fourth-order valence-electron chi connectivity index (χ4n) is 2.42. The van der Waals surface area contributed by atoms with E-state index < -0.39 is 0 Å². The number of aryl methyl sites for hydroxylation is 2. The number of ether oxygens (including phenoxy) is 1. The summed E-state index contributed by atoms with van der Waals surface area (Å²) in [7, 11) is 3.37. The molecule has 0 aliphatic carbocycles. The number of esters is 1. The molecule has 5 heteroatoms. The van der Waals surface area contributed by atoms with Crippen LogP contribution in [0, 0.1) is 6.92 Å². The molecule has 1 aliphatic rings. The first-order valence-corrected chi connectivity index (χ1v) is 5.98. The zero-order valence-electron chi connectivity index (χ0n) is 11.1. The number of carbonyl (C=O) groups excluding carboxylic acids is 1. The number of methoxy groups -OCH3 is 1. The molecule has 0 spiro atoms. The van der Waals surface area contributed by atoms with Gasteiger partial charge in [-0.25, -0.2) is 0 Å². The average Bonchev–Trinajstić information content (AvgIpc) is 2.62. The van der Waals surface area contributed by atoms with E-state index in [-0.39, 0.29) is 5.97 Å². The van der Waals surface area contributed by atoms with Crippen LogP contribution >= 0.6 is 0 Å². The Morgan fingerprint density at radius 1 is 1.50 bits per heavy atom. The Labute approximate surface area is 107 Å². The maximum absolute atomic E-state index is 11.1. The minimum atomic E-state index is -0.175. The predicted molar refractivity (Wildman–Crippen MR) is 69.6 cm³/mol. The number of nitrogens with zero attached hydrogens (tertiary/aromatic N) is 2. The molecule has 1 heterocycles. The standard InChI is InChI=1S/C13H19N3O2/c1-9-6-10(4-5-12(17)18-3)7-11-8-16(14)15(2)13(9)11/h6-7H,4-5,8,14H2,1-3H3. The van der Waals surface area contributed by atoms with E-state index in [0.717, 1.165) is 5.56 Å². The summed E-state index contributed by atoms with van der Waals surface area (Å²) >= 11 is 0. The van der Waals surface area contributed by atoms with Crippen LogP contribution in [0.2, 0.25) is 0 Å². The van der Waals surface area contributed by atoms with Gasteiger partial charge in [-0.3, -0.25) is 15.6 Å². The molecule has 1 aromatic carbocycles. The highest BCUT2D eigenvalue weighted by Crippen LogP contribution is 2.32. The van der Waals surface area contributed by atoms with Gasteiger partial charge in [0.15, 0.2) is 0 Å². The van der Waals surface area contributed by atoms with Crippen LogP contribution in [0.15, 0.2) is 12.1 Å². The van der Waals surface area contributed by atoms with Crippen molar-refractivity contribution in [2.45, 2.75) is 26.3 Å². The second kappa shape index (κ2) is 4.96. The van der Waals surface area contributed by atoms with E-state index >= 15 is 0 Å². The summed E-state index contributed by atoms with van der Waals surface area (Å²) in [6.45, 7) is 2.77. The molecule has 0 aromatic heterocycles. The van der Waals surface area contributed by atoms with Gasteiger partial charge in [0.25, 0.3) is 0 Å². The van der Waals surface area contributed by atoms with E-state index in [9.17, 15) is 4.79 Å². The van der Waals surface area contributed by atoms with E-state index in [0.29, 0.717) is 19.4 Å². The highest BCUT2D eigenvalue weighted by atomic mass is 16.5. The topological polar surface area (TPSA) is 58.8 Å². The summed E-state index contributed by atoms with van der Waals surface area (Å²) in [4.78, 5) is 11.1. The normalized spacial score (nSPS) is 14.8. The maximum Gasteiger partial charge on any atom is 0.305 e. The lowest BCUT2D eigenvalue weighted by molar-refractivity contribution is -0.140. The van der Waals surface area contributed by atoms with E-state index in [1.54, 1.807) is 5.12 Å². The van der Waals surface area contributed by atoms with Crippen LogP contribution in [0.1, 0.15) is 23.1 Å². The molecule has 0 saturated carbocycles. The van der Waals surface area contributed by atoms with Crippen molar-refractivity contribution in [3.63, 3.8) is 0 Å². The first-order valence-electron chi connectivity index (χ1n) is 5.98. The lowest BCUT2D eigenvalue weighted by Crippen LogP contribution is -2.40. The Morgan fingerprint density at radius 2 is 2.22 bits per heavy atom. The van der Waals surface area contributed by atoms with Gasteiger partial charge in [0.1, 0.15) is 0 Å². The second-order valence-corrected chi connectivity index (χ2v) is 4.62. The third-order valence-electron chi connectivity index (χ3n) is 3.33. The number of hydrogen-bond acceptors (Lipinski definition) is 5. The molecule has 0 unspecified atom stereocenters. The summed E-state index contributed by atoms with van der Waals surface area (Å²) in [5.41, 5.74) is 4.71. The number of anilines is 1. The lowest BCUT2D eigenvalue weighted by Gasteiger charge is -2.22. The zero-order chi connectivity index (χ0) is 13.3. The monoisotopic (exact) mass is 249 g/mol. The van der Waals surface area contributed by atoms with Crippen molar-refractivity contribution >= 4 is 11.7 Å². The van der Waals surface area contributed by atoms with E-state index in [1.807, 2.05) is 12.1 Å². The smallest absolute Gasteiger partial charge is 0.305 e. The number of carbonyl (C=O) groups is 1. The largest absolute Gasteiger partial charge is 0.469 e. The van der Waals surface area contributed by atoms with Crippen LogP contribution in [-0.4, -0.2) is 25.2 Å². The third-order valence-corrected chi connectivity index (χ3v) is 3.33. The van der Waals surface area contributed by atoms with Crippen molar-refractivity contribution < 1.29 is 9.53 Å². The van der Waals surface area contributed by atoms with Crippen LogP contribution < -0.4 is 10.9 Å².